The molecule has 6 nitrogen and oxygen atoms in total. The Morgan fingerprint density at radius 3 is 3.16 bits per heavy atom. The third kappa shape index (κ3) is 3.54. The molecule has 106 valence electrons. The van der Waals surface area contributed by atoms with Crippen molar-refractivity contribution in [3.05, 3.63) is 22.7 Å². The summed E-state index contributed by atoms with van der Waals surface area (Å²) in [6.45, 7) is 5.89. The van der Waals surface area contributed by atoms with Crippen LogP contribution in [0.1, 0.15) is 13.3 Å². The van der Waals surface area contributed by atoms with Gasteiger partial charge in [-0.15, -0.1) is 0 Å². The maximum absolute atomic E-state index is 12.2. The standard InChI is InChI=1S/C13H22N4O2/c1-3-6-17-7-4-15-12(13(17)18)16(2)10-11-9-14-5-8-19-11/h4,7,11,14H,3,5-6,8-10H2,1-2H3. The highest BCUT2D eigenvalue weighted by Gasteiger charge is 2.18. The zero-order valence-electron chi connectivity index (χ0n) is 11.6. The summed E-state index contributed by atoms with van der Waals surface area (Å²) in [6.07, 6.45) is 4.47. The fraction of sp³-hybridized carbons (Fsp3) is 0.692. The SMILES string of the molecule is CCCn1ccnc(N(C)CC2CNCCO2)c1=O. The number of anilines is 1. The summed E-state index contributed by atoms with van der Waals surface area (Å²) in [7, 11) is 1.89. The summed E-state index contributed by atoms with van der Waals surface area (Å²) >= 11 is 0. The molecular weight excluding hydrogens is 244 g/mol. The van der Waals surface area contributed by atoms with Gasteiger partial charge in [-0.25, -0.2) is 4.98 Å². The number of aryl methyl sites for hydroxylation is 1. The van der Waals surface area contributed by atoms with E-state index in [1.807, 2.05) is 11.9 Å². The Morgan fingerprint density at radius 2 is 2.47 bits per heavy atom. The van der Waals surface area contributed by atoms with E-state index in [1.165, 1.54) is 0 Å². The summed E-state index contributed by atoms with van der Waals surface area (Å²) in [5, 5.41) is 3.28. The molecule has 2 rings (SSSR count). The summed E-state index contributed by atoms with van der Waals surface area (Å²) in [4.78, 5) is 18.3. The van der Waals surface area contributed by atoms with Crippen LogP contribution in [0.4, 0.5) is 5.82 Å². The lowest BCUT2D eigenvalue weighted by Gasteiger charge is -2.28. The number of aromatic nitrogens is 2. The molecule has 0 aliphatic carbocycles. The van der Waals surface area contributed by atoms with Crippen molar-refractivity contribution in [2.24, 2.45) is 0 Å². The molecule has 0 aromatic carbocycles. The molecule has 1 unspecified atom stereocenters. The van der Waals surface area contributed by atoms with E-state index in [0.717, 1.165) is 32.7 Å². The van der Waals surface area contributed by atoms with Crippen molar-refractivity contribution < 1.29 is 4.74 Å². The van der Waals surface area contributed by atoms with Crippen molar-refractivity contribution >= 4 is 5.82 Å². The summed E-state index contributed by atoms with van der Waals surface area (Å²) < 4.78 is 7.35. The van der Waals surface area contributed by atoms with E-state index in [9.17, 15) is 4.79 Å². The molecule has 1 aromatic heterocycles. The highest BCUT2D eigenvalue weighted by Crippen LogP contribution is 2.05. The van der Waals surface area contributed by atoms with Crippen molar-refractivity contribution in [3.63, 3.8) is 0 Å². The lowest BCUT2D eigenvalue weighted by atomic mass is 10.3. The zero-order chi connectivity index (χ0) is 13.7. The van der Waals surface area contributed by atoms with Crippen molar-refractivity contribution in [2.45, 2.75) is 26.0 Å². The smallest absolute Gasteiger partial charge is 0.293 e. The molecule has 0 spiro atoms. The molecule has 6 heteroatoms. The summed E-state index contributed by atoms with van der Waals surface area (Å²) in [6, 6.07) is 0. The van der Waals surface area contributed by atoms with Crippen molar-refractivity contribution in [2.75, 3.05) is 38.2 Å². The van der Waals surface area contributed by atoms with Gasteiger partial charge in [-0.1, -0.05) is 6.92 Å². The average Bonchev–Trinajstić information content (AvgIpc) is 2.42. The number of ether oxygens (including phenoxy) is 1. The first-order valence-corrected chi connectivity index (χ1v) is 6.81. The Balaban J connectivity index is 2.07. The number of nitrogens with zero attached hydrogens (tertiary/aromatic N) is 3. The second kappa shape index (κ2) is 6.68. The minimum Gasteiger partial charge on any atom is -0.374 e. The van der Waals surface area contributed by atoms with Gasteiger partial charge in [0.2, 0.25) is 0 Å². The van der Waals surface area contributed by atoms with Crippen LogP contribution in [-0.4, -0.2) is 48.9 Å². The van der Waals surface area contributed by atoms with Crippen LogP contribution in [0.2, 0.25) is 0 Å². The average molecular weight is 266 g/mol. The van der Waals surface area contributed by atoms with E-state index < -0.39 is 0 Å². The van der Waals surface area contributed by atoms with Crippen LogP contribution in [-0.2, 0) is 11.3 Å². The van der Waals surface area contributed by atoms with Gasteiger partial charge in [0.15, 0.2) is 5.82 Å². The second-order valence-corrected chi connectivity index (χ2v) is 4.83. The van der Waals surface area contributed by atoms with Gasteiger partial charge in [-0.2, -0.15) is 0 Å². The fourth-order valence-electron chi connectivity index (χ4n) is 2.24. The predicted molar refractivity (Wildman–Crippen MR) is 74.7 cm³/mol. The normalized spacial score (nSPS) is 19.4. The third-order valence-electron chi connectivity index (χ3n) is 3.20. The van der Waals surface area contributed by atoms with Crippen LogP contribution in [0, 0.1) is 0 Å². The Kier molecular flexibility index (Phi) is 4.93. The van der Waals surface area contributed by atoms with Gasteiger partial charge in [-0.3, -0.25) is 4.79 Å². The van der Waals surface area contributed by atoms with E-state index in [0.29, 0.717) is 12.4 Å². The first kappa shape index (κ1) is 14.0. The molecule has 19 heavy (non-hydrogen) atoms. The minimum atomic E-state index is -0.0318. The molecule has 0 saturated carbocycles. The number of hydrogen-bond acceptors (Lipinski definition) is 5. The van der Waals surface area contributed by atoms with Gasteiger partial charge in [0.25, 0.3) is 5.56 Å². The Hall–Kier alpha value is -1.40. The molecule has 1 fully saturated rings. The first-order chi connectivity index (χ1) is 9.22. The molecular formula is C13H22N4O2. The molecule has 1 aliphatic rings. The van der Waals surface area contributed by atoms with Crippen LogP contribution >= 0.6 is 0 Å². The Morgan fingerprint density at radius 1 is 1.63 bits per heavy atom. The van der Waals surface area contributed by atoms with Crippen LogP contribution in [0.25, 0.3) is 0 Å². The summed E-state index contributed by atoms with van der Waals surface area (Å²) in [5.74, 6) is 0.491. The molecule has 0 bridgehead atoms. The topological polar surface area (TPSA) is 59.4 Å². The molecule has 1 atom stereocenters. The van der Waals surface area contributed by atoms with Crippen molar-refractivity contribution in [1.29, 1.82) is 0 Å². The zero-order valence-corrected chi connectivity index (χ0v) is 11.6. The van der Waals surface area contributed by atoms with E-state index >= 15 is 0 Å². The van der Waals surface area contributed by atoms with Gasteiger partial charge in [0, 0.05) is 45.6 Å². The molecule has 0 radical (unpaired) electrons. The number of hydrogen-bond donors (Lipinski definition) is 1. The van der Waals surface area contributed by atoms with Crippen LogP contribution < -0.4 is 15.8 Å². The van der Waals surface area contributed by atoms with Gasteiger partial charge in [-0.05, 0) is 6.42 Å². The van der Waals surface area contributed by atoms with E-state index in [1.54, 1.807) is 17.0 Å². The van der Waals surface area contributed by atoms with Crippen LogP contribution in [0.5, 0.6) is 0 Å². The highest BCUT2D eigenvalue weighted by atomic mass is 16.5. The molecule has 2 heterocycles. The predicted octanol–water partition coefficient (Wildman–Crippen LogP) is 0.0779. The van der Waals surface area contributed by atoms with Gasteiger partial charge < -0.3 is 19.5 Å². The quantitative estimate of drug-likeness (QED) is 0.818. The summed E-state index contributed by atoms with van der Waals surface area (Å²) in [5.41, 5.74) is -0.0318. The maximum Gasteiger partial charge on any atom is 0.293 e. The van der Waals surface area contributed by atoms with E-state index in [4.69, 9.17) is 4.74 Å². The molecule has 1 aromatic rings. The third-order valence-corrected chi connectivity index (χ3v) is 3.20. The van der Waals surface area contributed by atoms with Crippen molar-refractivity contribution in [3.8, 4) is 0 Å². The lowest BCUT2D eigenvalue weighted by molar-refractivity contribution is 0.0339. The fourth-order valence-corrected chi connectivity index (χ4v) is 2.24. The number of likely N-dealkylation sites (N-methyl/N-ethyl adjacent to an activating group) is 1. The Labute approximate surface area is 113 Å². The second-order valence-electron chi connectivity index (χ2n) is 4.83. The van der Waals surface area contributed by atoms with Crippen LogP contribution in [0.15, 0.2) is 17.2 Å². The van der Waals surface area contributed by atoms with Crippen molar-refractivity contribution in [1.82, 2.24) is 14.9 Å². The van der Waals surface area contributed by atoms with E-state index in [2.05, 4.69) is 17.2 Å². The number of nitrogens with one attached hydrogen (secondary N) is 1. The van der Waals surface area contributed by atoms with Gasteiger partial charge in [0.1, 0.15) is 0 Å². The number of rotatable bonds is 5. The molecule has 1 saturated heterocycles. The molecule has 1 N–H and O–H groups in total. The Bertz CT molecular complexity index is 454. The maximum atomic E-state index is 12.2. The highest BCUT2D eigenvalue weighted by molar-refractivity contribution is 5.34. The molecule has 0 amide bonds. The number of morpholine rings is 1. The minimum absolute atomic E-state index is 0.0318. The largest absolute Gasteiger partial charge is 0.374 e. The van der Waals surface area contributed by atoms with Gasteiger partial charge in [0.05, 0.1) is 12.7 Å². The van der Waals surface area contributed by atoms with Crippen LogP contribution in [0.3, 0.4) is 0 Å². The first-order valence-electron chi connectivity index (χ1n) is 6.81. The van der Waals surface area contributed by atoms with Gasteiger partial charge >= 0.3 is 0 Å². The monoisotopic (exact) mass is 266 g/mol. The lowest BCUT2D eigenvalue weighted by Crippen LogP contribution is -2.45. The molecule has 1 aliphatic heterocycles. The van der Waals surface area contributed by atoms with E-state index in [-0.39, 0.29) is 11.7 Å².